The van der Waals surface area contributed by atoms with Gasteiger partial charge < -0.3 is 10.4 Å². The van der Waals surface area contributed by atoms with E-state index in [2.05, 4.69) is 12.2 Å². The Kier molecular flexibility index (Phi) is 6.42. The van der Waals surface area contributed by atoms with E-state index >= 15 is 0 Å². The first-order chi connectivity index (χ1) is 9.45. The van der Waals surface area contributed by atoms with Gasteiger partial charge in [-0.25, -0.2) is 13.6 Å². The van der Waals surface area contributed by atoms with Crippen LogP contribution in [0.3, 0.4) is 0 Å². The van der Waals surface area contributed by atoms with Crippen LogP contribution in [0.4, 0.5) is 14.5 Å². The lowest BCUT2D eigenvalue weighted by molar-refractivity contribution is 0.0692. The van der Waals surface area contributed by atoms with Crippen LogP contribution in [0.1, 0.15) is 56.3 Å². The maximum atomic E-state index is 13.6. The molecule has 0 aliphatic rings. The third-order valence-electron chi connectivity index (χ3n) is 3.18. The third-order valence-corrected chi connectivity index (χ3v) is 3.18. The molecule has 0 bridgehead atoms. The highest BCUT2D eigenvalue weighted by atomic mass is 19.1. The van der Waals surface area contributed by atoms with Crippen molar-refractivity contribution in [2.45, 2.75) is 52.0 Å². The summed E-state index contributed by atoms with van der Waals surface area (Å²) in [5.74, 6) is -3.23. The maximum absolute atomic E-state index is 13.6. The second-order valence-electron chi connectivity index (χ2n) is 5.01. The van der Waals surface area contributed by atoms with E-state index in [9.17, 15) is 13.6 Å². The van der Waals surface area contributed by atoms with Gasteiger partial charge in [0.25, 0.3) is 0 Å². The third kappa shape index (κ3) is 4.79. The van der Waals surface area contributed by atoms with Gasteiger partial charge in [0, 0.05) is 12.1 Å². The van der Waals surface area contributed by atoms with Crippen LogP contribution in [0, 0.1) is 11.6 Å². The standard InChI is InChI=1S/C15H21F2NO2/c1-3-4-5-6-7-10(2)18-14-8-11(15(19)20)12(16)9-13(14)17/h8-10,18H,3-7H2,1-2H3,(H,19,20). The second kappa shape index (κ2) is 7.82. The lowest BCUT2D eigenvalue weighted by atomic mass is 10.1. The lowest BCUT2D eigenvalue weighted by Crippen LogP contribution is -2.17. The van der Waals surface area contributed by atoms with Crippen molar-refractivity contribution in [1.82, 2.24) is 0 Å². The number of aromatic carboxylic acids is 1. The van der Waals surface area contributed by atoms with Crippen LogP contribution in [0.2, 0.25) is 0 Å². The summed E-state index contributed by atoms with van der Waals surface area (Å²) in [4.78, 5) is 10.8. The largest absolute Gasteiger partial charge is 0.478 e. The van der Waals surface area contributed by atoms with Crippen molar-refractivity contribution in [3.63, 3.8) is 0 Å². The summed E-state index contributed by atoms with van der Waals surface area (Å²) >= 11 is 0. The van der Waals surface area contributed by atoms with E-state index in [0.29, 0.717) is 6.07 Å². The van der Waals surface area contributed by atoms with Crippen LogP contribution in [0.15, 0.2) is 12.1 Å². The molecular formula is C15H21F2NO2. The van der Waals surface area contributed by atoms with Crippen molar-refractivity contribution < 1.29 is 18.7 Å². The van der Waals surface area contributed by atoms with Gasteiger partial charge in [-0.05, 0) is 19.4 Å². The monoisotopic (exact) mass is 285 g/mol. The number of carboxylic acids is 1. The Morgan fingerprint density at radius 1 is 1.25 bits per heavy atom. The molecule has 0 fully saturated rings. The minimum absolute atomic E-state index is 0.00784. The van der Waals surface area contributed by atoms with E-state index in [0.717, 1.165) is 31.7 Å². The average molecular weight is 285 g/mol. The minimum atomic E-state index is -1.40. The Morgan fingerprint density at radius 2 is 1.95 bits per heavy atom. The van der Waals surface area contributed by atoms with E-state index in [1.807, 2.05) is 6.92 Å². The number of rotatable bonds is 8. The number of benzene rings is 1. The topological polar surface area (TPSA) is 49.3 Å². The molecule has 1 atom stereocenters. The second-order valence-corrected chi connectivity index (χ2v) is 5.01. The van der Waals surface area contributed by atoms with E-state index in [4.69, 9.17) is 5.11 Å². The molecule has 1 rings (SSSR count). The Hall–Kier alpha value is -1.65. The number of halogens is 2. The van der Waals surface area contributed by atoms with Gasteiger partial charge in [-0.1, -0.05) is 32.6 Å². The van der Waals surface area contributed by atoms with Crippen LogP contribution in [0.25, 0.3) is 0 Å². The molecular weight excluding hydrogens is 264 g/mol. The smallest absolute Gasteiger partial charge is 0.338 e. The highest BCUT2D eigenvalue weighted by molar-refractivity contribution is 5.89. The summed E-state index contributed by atoms with van der Waals surface area (Å²) in [6, 6.07) is 1.62. The first-order valence-corrected chi connectivity index (χ1v) is 6.94. The molecule has 1 aromatic carbocycles. The zero-order chi connectivity index (χ0) is 15.1. The van der Waals surface area contributed by atoms with E-state index < -0.39 is 23.2 Å². The van der Waals surface area contributed by atoms with Crippen LogP contribution >= 0.6 is 0 Å². The molecule has 0 spiro atoms. The number of anilines is 1. The minimum Gasteiger partial charge on any atom is -0.478 e. The normalized spacial score (nSPS) is 12.2. The fourth-order valence-corrected chi connectivity index (χ4v) is 2.04. The molecule has 112 valence electrons. The Morgan fingerprint density at radius 3 is 2.55 bits per heavy atom. The van der Waals surface area contributed by atoms with Gasteiger partial charge in [0.2, 0.25) is 0 Å². The van der Waals surface area contributed by atoms with Crippen molar-refractivity contribution in [2.75, 3.05) is 5.32 Å². The van der Waals surface area contributed by atoms with E-state index in [1.54, 1.807) is 0 Å². The summed E-state index contributed by atoms with van der Waals surface area (Å²) in [7, 11) is 0. The summed E-state index contributed by atoms with van der Waals surface area (Å²) in [6.07, 6.45) is 5.32. The van der Waals surface area contributed by atoms with Crippen molar-refractivity contribution in [3.05, 3.63) is 29.3 Å². The van der Waals surface area contributed by atoms with Gasteiger partial charge in [-0.3, -0.25) is 0 Å². The molecule has 0 aromatic heterocycles. The molecule has 2 N–H and O–H groups in total. The van der Waals surface area contributed by atoms with Gasteiger partial charge in [-0.15, -0.1) is 0 Å². The quantitative estimate of drug-likeness (QED) is 0.694. The molecule has 1 aromatic rings. The number of unbranched alkanes of at least 4 members (excludes halogenated alkanes) is 3. The Labute approximate surface area is 118 Å². The van der Waals surface area contributed by atoms with Crippen molar-refractivity contribution in [1.29, 1.82) is 0 Å². The Balaban J connectivity index is 2.67. The molecule has 5 heteroatoms. The van der Waals surface area contributed by atoms with Gasteiger partial charge >= 0.3 is 5.97 Å². The average Bonchev–Trinajstić information content (AvgIpc) is 2.37. The summed E-state index contributed by atoms with van der Waals surface area (Å²) < 4.78 is 26.9. The molecule has 0 radical (unpaired) electrons. The Bertz CT molecular complexity index is 463. The molecule has 0 amide bonds. The van der Waals surface area contributed by atoms with Gasteiger partial charge in [0.15, 0.2) is 0 Å². The molecule has 0 aliphatic heterocycles. The van der Waals surface area contributed by atoms with Crippen molar-refractivity contribution in [3.8, 4) is 0 Å². The highest BCUT2D eigenvalue weighted by Gasteiger charge is 2.16. The summed E-state index contributed by atoms with van der Waals surface area (Å²) in [5, 5.41) is 11.7. The first-order valence-electron chi connectivity index (χ1n) is 6.94. The van der Waals surface area contributed by atoms with E-state index in [-0.39, 0.29) is 11.7 Å². The molecule has 0 aliphatic carbocycles. The summed E-state index contributed by atoms with van der Waals surface area (Å²) in [5.41, 5.74) is -0.487. The van der Waals surface area contributed by atoms with Gasteiger partial charge in [-0.2, -0.15) is 0 Å². The summed E-state index contributed by atoms with van der Waals surface area (Å²) in [6.45, 7) is 4.03. The number of carbonyl (C=O) groups is 1. The highest BCUT2D eigenvalue weighted by Crippen LogP contribution is 2.21. The predicted octanol–water partition coefficient (Wildman–Crippen LogP) is 4.43. The van der Waals surface area contributed by atoms with Crippen LogP contribution in [-0.4, -0.2) is 17.1 Å². The van der Waals surface area contributed by atoms with Crippen LogP contribution in [-0.2, 0) is 0 Å². The number of carboxylic acid groups (broad SMARTS) is 1. The molecule has 3 nitrogen and oxygen atoms in total. The number of hydrogen-bond donors (Lipinski definition) is 2. The fourth-order valence-electron chi connectivity index (χ4n) is 2.04. The predicted molar refractivity (Wildman–Crippen MR) is 75.2 cm³/mol. The van der Waals surface area contributed by atoms with E-state index in [1.165, 1.54) is 6.42 Å². The lowest BCUT2D eigenvalue weighted by Gasteiger charge is -2.16. The zero-order valence-electron chi connectivity index (χ0n) is 11.9. The fraction of sp³-hybridized carbons (Fsp3) is 0.533. The molecule has 0 heterocycles. The molecule has 20 heavy (non-hydrogen) atoms. The van der Waals surface area contributed by atoms with Crippen molar-refractivity contribution in [2.24, 2.45) is 0 Å². The maximum Gasteiger partial charge on any atom is 0.338 e. The first kappa shape index (κ1) is 16.4. The number of nitrogens with one attached hydrogen (secondary N) is 1. The molecule has 1 unspecified atom stereocenters. The molecule has 0 saturated carbocycles. The van der Waals surface area contributed by atoms with Gasteiger partial charge in [0.1, 0.15) is 11.6 Å². The van der Waals surface area contributed by atoms with Gasteiger partial charge in [0.05, 0.1) is 11.3 Å². The van der Waals surface area contributed by atoms with Crippen molar-refractivity contribution >= 4 is 11.7 Å². The zero-order valence-corrected chi connectivity index (χ0v) is 11.9. The van der Waals surface area contributed by atoms with Crippen LogP contribution < -0.4 is 5.32 Å². The molecule has 0 saturated heterocycles. The van der Waals surface area contributed by atoms with Crippen LogP contribution in [0.5, 0.6) is 0 Å². The number of hydrogen-bond acceptors (Lipinski definition) is 2. The SMILES string of the molecule is CCCCCCC(C)Nc1cc(C(=O)O)c(F)cc1F.